The fourth-order valence-electron chi connectivity index (χ4n) is 3.08. The summed E-state index contributed by atoms with van der Waals surface area (Å²) in [6.45, 7) is 2.70. The lowest BCUT2D eigenvalue weighted by Crippen LogP contribution is -2.49. The summed E-state index contributed by atoms with van der Waals surface area (Å²) >= 11 is 0. The number of hydrogen-bond acceptors (Lipinski definition) is 6. The van der Waals surface area contributed by atoms with Crippen molar-refractivity contribution >= 4 is 17.8 Å². The van der Waals surface area contributed by atoms with Crippen LogP contribution >= 0.6 is 0 Å². The number of nitrogens with zero attached hydrogens (tertiary/aromatic N) is 5. The second-order valence-electron chi connectivity index (χ2n) is 7.39. The van der Waals surface area contributed by atoms with Gasteiger partial charge in [0.1, 0.15) is 0 Å². The van der Waals surface area contributed by atoms with Gasteiger partial charge in [0.15, 0.2) is 6.04 Å². The Balaban J connectivity index is 0.000000423. The maximum Gasteiger partial charge on any atom is 0.490 e. The Morgan fingerprint density at radius 3 is 2.52 bits per heavy atom. The maximum absolute atomic E-state index is 12.8. The van der Waals surface area contributed by atoms with Gasteiger partial charge >= 0.3 is 12.1 Å². The van der Waals surface area contributed by atoms with Gasteiger partial charge in [-0.1, -0.05) is 0 Å². The summed E-state index contributed by atoms with van der Waals surface area (Å²) in [4.78, 5) is 43.5. The van der Waals surface area contributed by atoms with Crippen LogP contribution in [-0.2, 0) is 25.8 Å². The predicted octanol–water partition coefficient (Wildman–Crippen LogP) is 0.905. The number of carbonyl (C=O) groups is 3. The second kappa shape index (κ2) is 10.6. The zero-order valence-electron chi connectivity index (χ0n) is 17.3. The Kier molecular flexibility index (Phi) is 8.39. The van der Waals surface area contributed by atoms with Crippen LogP contribution in [0.2, 0.25) is 0 Å². The van der Waals surface area contributed by atoms with Gasteiger partial charge in [-0.15, -0.1) is 0 Å². The van der Waals surface area contributed by atoms with Crippen LogP contribution in [0.1, 0.15) is 31.0 Å². The fraction of sp³-hybridized carbons (Fsp3) is 0.667. The summed E-state index contributed by atoms with van der Waals surface area (Å²) in [5.74, 6) is -2.81. The first kappa shape index (κ1) is 24.6. The quantitative estimate of drug-likeness (QED) is 0.728. The average Bonchev–Trinajstić information content (AvgIpc) is 3.20. The largest absolute Gasteiger partial charge is 0.490 e. The summed E-state index contributed by atoms with van der Waals surface area (Å²) < 4.78 is 33.5. The van der Waals surface area contributed by atoms with E-state index < -0.39 is 18.2 Å². The van der Waals surface area contributed by atoms with E-state index in [0.717, 1.165) is 18.5 Å². The van der Waals surface area contributed by atoms with E-state index in [1.807, 2.05) is 25.1 Å². The summed E-state index contributed by atoms with van der Waals surface area (Å²) in [5.41, 5.74) is 0.884. The zero-order chi connectivity index (χ0) is 23.2. The molecule has 0 radical (unpaired) electrons. The molecule has 0 saturated carbocycles. The maximum atomic E-state index is 12.8. The van der Waals surface area contributed by atoms with E-state index in [4.69, 9.17) is 14.7 Å². The molecule has 1 atom stereocenters. The van der Waals surface area contributed by atoms with Crippen LogP contribution in [0.15, 0.2) is 12.3 Å². The number of alkyl halides is 3. The van der Waals surface area contributed by atoms with Gasteiger partial charge in [0.05, 0.1) is 25.4 Å². The number of halogens is 3. The number of amides is 2. The Bertz CT molecular complexity index is 777. The van der Waals surface area contributed by atoms with Gasteiger partial charge in [-0.2, -0.15) is 18.3 Å². The second-order valence-corrected chi connectivity index (χ2v) is 7.39. The van der Waals surface area contributed by atoms with Crippen molar-refractivity contribution in [1.82, 2.24) is 24.6 Å². The SMILES string of the molecule is CN(C)CCC(=O)N1Cc2ccnn2C(C(=O)N2CCCCO2)C1.O=C(O)C(F)(F)F. The number of aromatic nitrogens is 2. The molecule has 1 N–H and O–H groups in total. The summed E-state index contributed by atoms with van der Waals surface area (Å²) in [6.07, 6.45) is -1.05. The van der Waals surface area contributed by atoms with Crippen LogP contribution in [0.3, 0.4) is 0 Å². The lowest BCUT2D eigenvalue weighted by molar-refractivity contribution is -0.201. The standard InChI is InChI=1S/C16H25N5O3.C2HF3O2/c1-18(2)9-6-15(22)19-11-13-5-7-17-21(13)14(12-19)16(23)20-8-3-4-10-24-20;3-2(4,5)1(6)7/h5,7,14H,3-4,6,8-12H2,1-2H3;(H,6,7). The van der Waals surface area contributed by atoms with Gasteiger partial charge in [-0.3, -0.25) is 19.1 Å². The average molecular weight is 449 g/mol. The van der Waals surface area contributed by atoms with Gasteiger partial charge in [-0.25, -0.2) is 9.86 Å². The number of aliphatic carboxylic acids is 1. The molecule has 31 heavy (non-hydrogen) atoms. The third-order valence-electron chi connectivity index (χ3n) is 4.70. The molecule has 174 valence electrons. The van der Waals surface area contributed by atoms with Gasteiger partial charge < -0.3 is 14.9 Å². The van der Waals surface area contributed by atoms with Crippen molar-refractivity contribution in [2.75, 3.05) is 40.3 Å². The molecule has 2 amide bonds. The molecular weight excluding hydrogens is 423 g/mol. The summed E-state index contributed by atoms with van der Waals surface area (Å²) in [5, 5.41) is 12.9. The molecule has 1 fully saturated rings. The normalized spacial score (nSPS) is 18.8. The van der Waals surface area contributed by atoms with E-state index in [9.17, 15) is 22.8 Å². The number of hydrogen-bond donors (Lipinski definition) is 1. The molecule has 0 aromatic carbocycles. The minimum Gasteiger partial charge on any atom is -0.475 e. The van der Waals surface area contributed by atoms with Crippen molar-refractivity contribution in [3.8, 4) is 0 Å². The topological polar surface area (TPSA) is 108 Å². The van der Waals surface area contributed by atoms with Crippen molar-refractivity contribution in [2.45, 2.75) is 38.0 Å². The van der Waals surface area contributed by atoms with Gasteiger partial charge in [0.2, 0.25) is 5.91 Å². The third kappa shape index (κ3) is 6.92. The molecule has 0 spiro atoms. The van der Waals surface area contributed by atoms with E-state index in [0.29, 0.717) is 39.2 Å². The Hall–Kier alpha value is -2.67. The molecule has 3 rings (SSSR count). The van der Waals surface area contributed by atoms with Crippen molar-refractivity contribution in [2.24, 2.45) is 0 Å². The molecule has 13 heteroatoms. The molecular formula is C18H26F3N5O5. The number of rotatable bonds is 4. The van der Waals surface area contributed by atoms with Crippen LogP contribution in [0.4, 0.5) is 13.2 Å². The number of carbonyl (C=O) groups excluding carboxylic acids is 2. The van der Waals surface area contributed by atoms with Gasteiger partial charge in [0, 0.05) is 25.7 Å². The molecule has 2 aliphatic rings. The monoisotopic (exact) mass is 449 g/mol. The van der Waals surface area contributed by atoms with Crippen molar-refractivity contribution in [1.29, 1.82) is 0 Å². The number of carboxylic acid groups (broad SMARTS) is 1. The minimum absolute atomic E-state index is 0.0634. The number of fused-ring (bicyclic) bond motifs is 1. The van der Waals surface area contributed by atoms with Crippen molar-refractivity contribution in [3.05, 3.63) is 18.0 Å². The highest BCUT2D eigenvalue weighted by molar-refractivity contribution is 5.82. The summed E-state index contributed by atoms with van der Waals surface area (Å²) in [6, 6.07) is 1.35. The Morgan fingerprint density at radius 2 is 1.97 bits per heavy atom. The van der Waals surface area contributed by atoms with Crippen molar-refractivity contribution < 1.29 is 37.5 Å². The lowest BCUT2D eigenvalue weighted by atomic mass is 10.1. The molecule has 1 saturated heterocycles. The van der Waals surface area contributed by atoms with Crippen LogP contribution in [0, 0.1) is 0 Å². The van der Waals surface area contributed by atoms with Crippen LogP contribution in [0.5, 0.6) is 0 Å². The van der Waals surface area contributed by atoms with Crippen LogP contribution in [0.25, 0.3) is 0 Å². The van der Waals surface area contributed by atoms with Crippen molar-refractivity contribution in [3.63, 3.8) is 0 Å². The zero-order valence-corrected chi connectivity index (χ0v) is 17.3. The highest BCUT2D eigenvalue weighted by atomic mass is 19.4. The first-order valence-electron chi connectivity index (χ1n) is 9.70. The predicted molar refractivity (Wildman–Crippen MR) is 100 cm³/mol. The van der Waals surface area contributed by atoms with E-state index in [-0.39, 0.29) is 11.8 Å². The molecule has 3 heterocycles. The van der Waals surface area contributed by atoms with Gasteiger partial charge in [-0.05, 0) is 33.0 Å². The lowest BCUT2D eigenvalue weighted by Gasteiger charge is -2.36. The third-order valence-corrected chi connectivity index (χ3v) is 4.70. The molecule has 1 aromatic heterocycles. The number of carboxylic acids is 1. The van der Waals surface area contributed by atoms with E-state index in [2.05, 4.69) is 5.10 Å². The fourth-order valence-corrected chi connectivity index (χ4v) is 3.08. The van der Waals surface area contributed by atoms with Gasteiger partial charge in [0.25, 0.3) is 5.91 Å². The molecule has 2 aliphatic heterocycles. The first-order valence-corrected chi connectivity index (χ1v) is 9.70. The molecule has 10 nitrogen and oxygen atoms in total. The Morgan fingerprint density at radius 1 is 1.29 bits per heavy atom. The highest BCUT2D eigenvalue weighted by Gasteiger charge is 2.38. The molecule has 1 aromatic rings. The van der Waals surface area contributed by atoms with E-state index in [1.165, 1.54) is 5.06 Å². The molecule has 0 bridgehead atoms. The Labute approximate surface area is 177 Å². The molecule has 0 aliphatic carbocycles. The van der Waals surface area contributed by atoms with E-state index in [1.54, 1.807) is 15.8 Å². The molecule has 1 unspecified atom stereocenters. The van der Waals surface area contributed by atoms with Crippen LogP contribution < -0.4 is 0 Å². The first-order chi connectivity index (χ1) is 14.5. The minimum atomic E-state index is -5.08. The van der Waals surface area contributed by atoms with E-state index >= 15 is 0 Å². The number of hydroxylamine groups is 2. The smallest absolute Gasteiger partial charge is 0.475 e. The van der Waals surface area contributed by atoms with Crippen LogP contribution in [-0.4, -0.2) is 94.0 Å². The highest BCUT2D eigenvalue weighted by Crippen LogP contribution is 2.24. The summed E-state index contributed by atoms with van der Waals surface area (Å²) in [7, 11) is 3.89.